The summed E-state index contributed by atoms with van der Waals surface area (Å²) in [5.74, 6) is 0. The van der Waals surface area contributed by atoms with E-state index in [2.05, 4.69) is 31.2 Å². The first-order valence-corrected chi connectivity index (χ1v) is 13.1. The highest BCUT2D eigenvalue weighted by Crippen LogP contribution is 2.39. The predicted octanol–water partition coefficient (Wildman–Crippen LogP) is 7.88. The molecule has 0 aliphatic carbocycles. The van der Waals surface area contributed by atoms with Gasteiger partial charge in [0, 0.05) is 5.39 Å². The second-order valence-corrected chi connectivity index (χ2v) is 9.71. The number of fused-ring (bicyclic) bond motifs is 4. The Bertz CT molecular complexity index is 2070. The average Bonchev–Trinajstić information content (AvgIpc) is 3.32. The molecule has 5 nitrogen and oxygen atoms in total. The van der Waals surface area contributed by atoms with Crippen molar-refractivity contribution in [3.05, 3.63) is 125 Å². The zero-order valence-corrected chi connectivity index (χ0v) is 21.7. The predicted molar refractivity (Wildman–Crippen MR) is 157 cm³/mol. The van der Waals surface area contributed by atoms with Crippen molar-refractivity contribution in [2.24, 2.45) is 0 Å². The summed E-state index contributed by atoms with van der Waals surface area (Å²) in [6.07, 6.45) is 0.686. The van der Waals surface area contributed by atoms with Crippen LogP contribution in [0, 0.1) is 6.92 Å². The molecule has 188 valence electrons. The minimum absolute atomic E-state index is 0.402. The summed E-state index contributed by atoms with van der Waals surface area (Å²) < 4.78 is 7.79. The smallest absolute Gasteiger partial charge is 0.345 e. The van der Waals surface area contributed by atoms with E-state index in [0.717, 1.165) is 49.6 Å². The molecule has 0 saturated carbocycles. The molecule has 4 aromatic carbocycles. The summed E-state index contributed by atoms with van der Waals surface area (Å²) in [7, 11) is 0. The number of pyridine rings is 1. The Labute approximate surface area is 225 Å². The van der Waals surface area contributed by atoms with E-state index >= 15 is 0 Å². The first-order chi connectivity index (χ1) is 19.1. The van der Waals surface area contributed by atoms with Crippen molar-refractivity contribution in [3.63, 3.8) is 0 Å². The third-order valence-electron chi connectivity index (χ3n) is 7.41. The Morgan fingerprint density at radius 1 is 0.821 bits per heavy atom. The molecule has 0 N–H and O–H groups in total. The van der Waals surface area contributed by atoms with E-state index in [0.29, 0.717) is 28.9 Å². The van der Waals surface area contributed by atoms with Gasteiger partial charge in [-0.05, 0) is 65.1 Å². The molecule has 3 heterocycles. The average molecular weight is 508 g/mol. The molecular formula is C34H25N3O2. The highest BCUT2D eigenvalue weighted by molar-refractivity contribution is 6.07. The molecule has 0 aliphatic heterocycles. The molecule has 0 fully saturated rings. The van der Waals surface area contributed by atoms with Crippen LogP contribution in [0.2, 0.25) is 0 Å². The summed E-state index contributed by atoms with van der Waals surface area (Å²) in [5, 5.41) is 8.92. The number of hydrogen-bond acceptors (Lipinski definition) is 4. The lowest BCUT2D eigenvalue weighted by Crippen LogP contribution is -2.08. The normalized spacial score (nSPS) is 11.5. The zero-order valence-electron chi connectivity index (χ0n) is 21.7. The van der Waals surface area contributed by atoms with Gasteiger partial charge in [-0.25, -0.2) is 14.5 Å². The molecule has 7 rings (SSSR count). The lowest BCUT2D eigenvalue weighted by atomic mass is 9.91. The topological polar surface area (TPSA) is 60.9 Å². The van der Waals surface area contributed by atoms with Crippen molar-refractivity contribution in [2.45, 2.75) is 20.3 Å². The number of para-hydroxylation sites is 1. The van der Waals surface area contributed by atoms with Crippen molar-refractivity contribution in [2.75, 3.05) is 0 Å². The fourth-order valence-corrected chi connectivity index (χ4v) is 5.63. The molecule has 0 bridgehead atoms. The molecule has 0 atom stereocenters. The van der Waals surface area contributed by atoms with Crippen molar-refractivity contribution in [1.82, 2.24) is 14.8 Å². The van der Waals surface area contributed by atoms with E-state index in [-0.39, 0.29) is 0 Å². The highest BCUT2D eigenvalue weighted by atomic mass is 16.4. The second-order valence-electron chi connectivity index (χ2n) is 9.71. The summed E-state index contributed by atoms with van der Waals surface area (Å²) >= 11 is 0. The van der Waals surface area contributed by atoms with Gasteiger partial charge in [-0.1, -0.05) is 85.8 Å². The van der Waals surface area contributed by atoms with Gasteiger partial charge in [-0.2, -0.15) is 5.10 Å². The quantitative estimate of drug-likeness (QED) is 0.180. The molecular weight excluding hydrogens is 482 g/mol. The maximum Gasteiger partial charge on any atom is 0.345 e. The summed E-state index contributed by atoms with van der Waals surface area (Å²) in [4.78, 5) is 18.7. The van der Waals surface area contributed by atoms with Crippen LogP contribution in [0.25, 0.3) is 60.8 Å². The Hall–Kier alpha value is -5.03. The number of hydrogen-bond donors (Lipinski definition) is 0. The maximum atomic E-state index is 13.6. The van der Waals surface area contributed by atoms with Crippen LogP contribution in [0.15, 0.2) is 112 Å². The van der Waals surface area contributed by atoms with Crippen LogP contribution in [0.3, 0.4) is 0 Å². The minimum Gasteiger partial charge on any atom is -0.422 e. The van der Waals surface area contributed by atoms with Gasteiger partial charge in [0.1, 0.15) is 5.58 Å². The zero-order chi connectivity index (χ0) is 26.5. The SMILES string of the molecule is CCc1c(-c2cc3c(ccc4ccccc43)oc2=O)nc2c(c(C)nn2-c2ccccc2)c1-c1ccccc1. The first kappa shape index (κ1) is 23.1. The lowest BCUT2D eigenvalue weighted by molar-refractivity contribution is 0.563. The number of aryl methyl sites for hydroxylation is 1. The van der Waals surface area contributed by atoms with Gasteiger partial charge in [0.15, 0.2) is 5.65 Å². The van der Waals surface area contributed by atoms with E-state index in [4.69, 9.17) is 14.5 Å². The van der Waals surface area contributed by atoms with Crippen LogP contribution >= 0.6 is 0 Å². The minimum atomic E-state index is -0.402. The number of nitrogens with zero attached hydrogens (tertiary/aromatic N) is 3. The van der Waals surface area contributed by atoms with Gasteiger partial charge in [-0.3, -0.25) is 0 Å². The van der Waals surface area contributed by atoms with E-state index < -0.39 is 5.63 Å². The Balaban J connectivity index is 1.63. The second kappa shape index (κ2) is 9.07. The van der Waals surface area contributed by atoms with Gasteiger partial charge >= 0.3 is 5.63 Å². The van der Waals surface area contributed by atoms with Crippen LogP contribution in [0.1, 0.15) is 18.2 Å². The summed E-state index contributed by atoms with van der Waals surface area (Å²) in [6.45, 7) is 4.12. The van der Waals surface area contributed by atoms with Crippen LogP contribution < -0.4 is 5.63 Å². The molecule has 0 spiro atoms. The van der Waals surface area contributed by atoms with Crippen molar-refractivity contribution in [1.29, 1.82) is 0 Å². The molecule has 0 unspecified atom stereocenters. The molecule has 7 aromatic rings. The largest absolute Gasteiger partial charge is 0.422 e. The van der Waals surface area contributed by atoms with Crippen molar-refractivity contribution < 1.29 is 4.42 Å². The van der Waals surface area contributed by atoms with Crippen LogP contribution in [-0.2, 0) is 6.42 Å². The fraction of sp³-hybridized carbons (Fsp3) is 0.0882. The highest BCUT2D eigenvalue weighted by Gasteiger charge is 2.24. The molecule has 5 heteroatoms. The number of aromatic nitrogens is 3. The van der Waals surface area contributed by atoms with Crippen molar-refractivity contribution in [3.8, 4) is 28.1 Å². The summed E-state index contributed by atoms with van der Waals surface area (Å²) in [5.41, 5.74) is 6.86. The Morgan fingerprint density at radius 2 is 1.54 bits per heavy atom. The Kier molecular flexibility index (Phi) is 5.37. The Morgan fingerprint density at radius 3 is 2.31 bits per heavy atom. The van der Waals surface area contributed by atoms with E-state index in [1.54, 1.807) is 0 Å². The van der Waals surface area contributed by atoms with Gasteiger partial charge in [0.25, 0.3) is 0 Å². The maximum absolute atomic E-state index is 13.6. The standard InChI is InChI=1S/C34H25N3O2/c1-3-25-31(23-13-6-4-7-14-23)30-21(2)36-37(24-15-8-5-9-16-24)33(30)35-32(25)28-20-27-26-17-11-10-12-22(26)18-19-29(27)39-34(28)38/h4-20H,3H2,1-2H3. The van der Waals surface area contributed by atoms with Crippen LogP contribution in [-0.4, -0.2) is 14.8 Å². The molecule has 0 amide bonds. The molecule has 39 heavy (non-hydrogen) atoms. The third kappa shape index (κ3) is 3.66. The molecule has 0 radical (unpaired) electrons. The van der Waals surface area contributed by atoms with Crippen molar-refractivity contribution >= 4 is 32.8 Å². The van der Waals surface area contributed by atoms with Gasteiger partial charge in [-0.15, -0.1) is 0 Å². The van der Waals surface area contributed by atoms with Crippen LogP contribution in [0.4, 0.5) is 0 Å². The van der Waals surface area contributed by atoms with E-state index in [9.17, 15) is 4.79 Å². The van der Waals surface area contributed by atoms with Gasteiger partial charge in [0.05, 0.1) is 28.0 Å². The van der Waals surface area contributed by atoms with Crippen LogP contribution in [0.5, 0.6) is 0 Å². The number of rotatable bonds is 4. The monoisotopic (exact) mass is 507 g/mol. The summed E-state index contributed by atoms with van der Waals surface area (Å²) in [6, 6.07) is 34.2. The van der Waals surface area contributed by atoms with E-state index in [1.807, 2.05) is 90.5 Å². The lowest BCUT2D eigenvalue weighted by Gasteiger charge is -2.16. The fourth-order valence-electron chi connectivity index (χ4n) is 5.63. The molecule has 0 saturated heterocycles. The molecule has 3 aromatic heterocycles. The van der Waals surface area contributed by atoms with Gasteiger partial charge < -0.3 is 4.42 Å². The first-order valence-electron chi connectivity index (χ1n) is 13.1. The van der Waals surface area contributed by atoms with E-state index in [1.165, 1.54) is 0 Å². The third-order valence-corrected chi connectivity index (χ3v) is 7.41. The number of benzene rings is 4. The molecule has 0 aliphatic rings. The van der Waals surface area contributed by atoms with Gasteiger partial charge in [0.2, 0.25) is 0 Å².